The van der Waals surface area contributed by atoms with Crippen molar-refractivity contribution < 1.29 is 32.2 Å². The summed E-state index contributed by atoms with van der Waals surface area (Å²) >= 11 is 0. The van der Waals surface area contributed by atoms with Gasteiger partial charge in [-0.3, -0.25) is 9.52 Å². The van der Waals surface area contributed by atoms with Crippen molar-refractivity contribution in [3.8, 4) is 17.2 Å². The highest BCUT2D eigenvalue weighted by Crippen LogP contribution is 2.31. The van der Waals surface area contributed by atoms with Crippen molar-refractivity contribution in [3.05, 3.63) is 66.7 Å². The number of methoxy groups -OCH3 is 1. The van der Waals surface area contributed by atoms with Gasteiger partial charge in [-0.15, -0.1) is 0 Å². The molecule has 1 saturated heterocycles. The molecule has 1 amide bonds. The zero-order valence-electron chi connectivity index (χ0n) is 22.7. The summed E-state index contributed by atoms with van der Waals surface area (Å²) in [5, 5.41) is 2.82. The van der Waals surface area contributed by atoms with Gasteiger partial charge in [0.05, 0.1) is 39.2 Å². The molecule has 0 unspecified atom stereocenters. The minimum absolute atomic E-state index is 0.0712. The van der Waals surface area contributed by atoms with Gasteiger partial charge in [-0.2, -0.15) is 0 Å². The highest BCUT2D eigenvalue weighted by Gasteiger charge is 2.24. The third-order valence-corrected chi connectivity index (χ3v) is 7.59. The summed E-state index contributed by atoms with van der Waals surface area (Å²) in [5.41, 5.74) is 1.34. The van der Waals surface area contributed by atoms with Crippen LogP contribution >= 0.6 is 0 Å². The molecule has 0 radical (unpaired) electrons. The van der Waals surface area contributed by atoms with Crippen LogP contribution in [-0.2, 0) is 19.6 Å². The van der Waals surface area contributed by atoms with Crippen molar-refractivity contribution in [1.82, 2.24) is 0 Å². The topological polar surface area (TPSA) is 115 Å². The van der Waals surface area contributed by atoms with Crippen LogP contribution < -0.4 is 29.1 Å². The van der Waals surface area contributed by atoms with E-state index in [-0.39, 0.29) is 17.2 Å². The number of amides is 1. The number of carbonyl (C=O) groups is 1. The van der Waals surface area contributed by atoms with Crippen LogP contribution in [0.1, 0.15) is 19.8 Å². The Labute approximate surface area is 235 Å². The minimum atomic E-state index is -3.98. The number of morpholine rings is 1. The second-order valence-electron chi connectivity index (χ2n) is 9.02. The molecule has 0 bridgehead atoms. The summed E-state index contributed by atoms with van der Waals surface area (Å²) in [5.74, 6) is 1.85. The van der Waals surface area contributed by atoms with Gasteiger partial charge in [0.2, 0.25) is 5.91 Å². The van der Waals surface area contributed by atoms with E-state index in [1.165, 1.54) is 6.07 Å². The van der Waals surface area contributed by atoms with Crippen molar-refractivity contribution in [3.63, 3.8) is 0 Å². The van der Waals surface area contributed by atoms with Gasteiger partial charge in [0.15, 0.2) is 0 Å². The number of hydrogen-bond donors (Lipinski definition) is 2. The predicted octanol–water partition coefficient (Wildman–Crippen LogP) is 4.53. The molecule has 2 N–H and O–H groups in total. The lowest BCUT2D eigenvalue weighted by Gasteiger charge is -2.30. The van der Waals surface area contributed by atoms with Gasteiger partial charge in [-0.1, -0.05) is 0 Å². The SMILES string of the molecule is CCOc1ccc(OCCCC(=O)Nc2ccc(N3CCOCC3)c(S(=O)(=O)Nc3ccc(OC)cc3)c2)cc1. The van der Waals surface area contributed by atoms with E-state index in [2.05, 4.69) is 10.0 Å². The third-order valence-electron chi connectivity index (χ3n) is 6.18. The number of rotatable bonds is 13. The highest BCUT2D eigenvalue weighted by molar-refractivity contribution is 7.92. The molecule has 40 heavy (non-hydrogen) atoms. The third kappa shape index (κ3) is 8.03. The first-order valence-electron chi connectivity index (χ1n) is 13.2. The predicted molar refractivity (Wildman–Crippen MR) is 154 cm³/mol. The van der Waals surface area contributed by atoms with Crippen LogP contribution in [0.4, 0.5) is 17.1 Å². The summed E-state index contributed by atoms with van der Waals surface area (Å²) in [6.07, 6.45) is 0.712. The summed E-state index contributed by atoms with van der Waals surface area (Å²) in [4.78, 5) is 14.7. The van der Waals surface area contributed by atoms with Crippen LogP contribution in [0.3, 0.4) is 0 Å². The molecule has 10 nitrogen and oxygen atoms in total. The van der Waals surface area contributed by atoms with Crippen molar-refractivity contribution >= 4 is 33.0 Å². The Kier molecular flexibility index (Phi) is 10.1. The van der Waals surface area contributed by atoms with Gasteiger partial charge in [0, 0.05) is 30.9 Å². The lowest BCUT2D eigenvalue weighted by Crippen LogP contribution is -2.37. The van der Waals surface area contributed by atoms with Crippen LogP contribution in [0, 0.1) is 0 Å². The number of nitrogens with zero attached hydrogens (tertiary/aromatic N) is 1. The molecule has 11 heteroatoms. The lowest BCUT2D eigenvalue weighted by molar-refractivity contribution is -0.116. The molecular weight excluding hydrogens is 534 g/mol. The standard InChI is InChI=1S/C29H35N3O7S/c1-3-38-25-11-13-26(14-12-25)39-18-4-5-29(33)30-23-8-15-27(32-16-19-37-20-17-32)28(21-23)40(34,35)31-22-6-9-24(36-2)10-7-22/h6-15,21,31H,3-5,16-20H2,1-2H3,(H,30,33). The first-order chi connectivity index (χ1) is 19.4. The van der Waals surface area contributed by atoms with Gasteiger partial charge >= 0.3 is 0 Å². The maximum atomic E-state index is 13.5. The molecular formula is C29H35N3O7S. The molecule has 0 atom stereocenters. The maximum Gasteiger partial charge on any atom is 0.264 e. The van der Waals surface area contributed by atoms with Crippen LogP contribution in [-0.4, -0.2) is 61.0 Å². The minimum Gasteiger partial charge on any atom is -0.497 e. The van der Waals surface area contributed by atoms with Crippen molar-refractivity contribution in [2.45, 2.75) is 24.7 Å². The molecule has 0 aromatic heterocycles. The number of ether oxygens (including phenoxy) is 4. The van der Waals surface area contributed by atoms with E-state index in [1.807, 2.05) is 36.1 Å². The molecule has 3 aromatic carbocycles. The molecule has 1 aliphatic heterocycles. The molecule has 214 valence electrons. The molecule has 1 fully saturated rings. The molecule has 1 aliphatic rings. The number of carbonyl (C=O) groups excluding carboxylic acids is 1. The van der Waals surface area contributed by atoms with Crippen LogP contribution in [0.15, 0.2) is 71.6 Å². The largest absolute Gasteiger partial charge is 0.497 e. The van der Waals surface area contributed by atoms with Crippen molar-refractivity contribution in [2.24, 2.45) is 0 Å². The Morgan fingerprint density at radius 1 is 0.900 bits per heavy atom. The molecule has 0 aliphatic carbocycles. The fraction of sp³-hybridized carbons (Fsp3) is 0.345. The van der Waals surface area contributed by atoms with Crippen molar-refractivity contribution in [2.75, 3.05) is 61.6 Å². The second kappa shape index (κ2) is 13.9. The van der Waals surface area contributed by atoms with Crippen LogP contribution in [0.25, 0.3) is 0 Å². The molecule has 0 spiro atoms. The average Bonchev–Trinajstić information content (AvgIpc) is 2.97. The van der Waals surface area contributed by atoms with E-state index < -0.39 is 10.0 Å². The van der Waals surface area contributed by atoms with Crippen LogP contribution in [0.5, 0.6) is 17.2 Å². The number of benzene rings is 3. The molecule has 4 rings (SSSR count). The second-order valence-corrected chi connectivity index (χ2v) is 10.7. The summed E-state index contributed by atoms with van der Waals surface area (Å²) in [7, 11) is -2.44. The zero-order chi connectivity index (χ0) is 28.4. The number of sulfonamides is 1. The Morgan fingerprint density at radius 2 is 1.52 bits per heavy atom. The van der Waals surface area contributed by atoms with Gasteiger partial charge in [-0.25, -0.2) is 8.42 Å². The Bertz CT molecular complexity index is 1360. The zero-order valence-corrected chi connectivity index (χ0v) is 23.5. The number of anilines is 3. The smallest absolute Gasteiger partial charge is 0.264 e. The highest BCUT2D eigenvalue weighted by atomic mass is 32.2. The summed E-state index contributed by atoms with van der Waals surface area (Å²) < 4.78 is 51.4. The number of nitrogens with one attached hydrogen (secondary N) is 2. The summed E-state index contributed by atoms with van der Waals surface area (Å²) in [6.45, 7) is 5.01. The fourth-order valence-electron chi connectivity index (χ4n) is 4.19. The maximum absolute atomic E-state index is 13.5. The summed E-state index contributed by atoms with van der Waals surface area (Å²) in [6, 6.07) is 18.9. The van der Waals surface area contributed by atoms with E-state index in [9.17, 15) is 13.2 Å². The number of hydrogen-bond acceptors (Lipinski definition) is 8. The quantitative estimate of drug-likeness (QED) is 0.289. The Balaban J connectivity index is 1.41. The molecule has 1 heterocycles. The van der Waals surface area contributed by atoms with E-state index >= 15 is 0 Å². The van der Waals surface area contributed by atoms with Gasteiger partial charge in [0.1, 0.15) is 22.1 Å². The van der Waals surface area contributed by atoms with Gasteiger partial charge in [0.25, 0.3) is 10.0 Å². The molecule has 0 saturated carbocycles. The molecule has 3 aromatic rings. The van der Waals surface area contributed by atoms with Crippen LogP contribution in [0.2, 0.25) is 0 Å². The van der Waals surface area contributed by atoms with E-state index in [0.29, 0.717) is 74.5 Å². The monoisotopic (exact) mass is 569 g/mol. The van der Waals surface area contributed by atoms with E-state index in [0.717, 1.165) is 5.75 Å². The average molecular weight is 570 g/mol. The first kappa shape index (κ1) is 29.0. The lowest BCUT2D eigenvalue weighted by atomic mass is 10.2. The van der Waals surface area contributed by atoms with E-state index in [4.69, 9.17) is 18.9 Å². The van der Waals surface area contributed by atoms with Gasteiger partial charge in [-0.05, 0) is 80.1 Å². The normalized spacial score (nSPS) is 13.4. The Hall–Kier alpha value is -3.96. The van der Waals surface area contributed by atoms with Gasteiger partial charge < -0.3 is 29.2 Å². The first-order valence-corrected chi connectivity index (χ1v) is 14.7. The van der Waals surface area contributed by atoms with E-state index in [1.54, 1.807) is 43.5 Å². The fourth-order valence-corrected chi connectivity index (χ4v) is 5.50. The van der Waals surface area contributed by atoms with Crippen molar-refractivity contribution in [1.29, 1.82) is 0 Å². The Morgan fingerprint density at radius 3 is 2.17 bits per heavy atom.